The fourth-order valence-electron chi connectivity index (χ4n) is 2.91. The van der Waals surface area contributed by atoms with Gasteiger partial charge in [-0.3, -0.25) is 9.36 Å². The lowest BCUT2D eigenvalue weighted by Gasteiger charge is -2.32. The molecule has 3 aromatic rings. The van der Waals surface area contributed by atoms with Gasteiger partial charge in [0.25, 0.3) is 5.91 Å². The molecule has 0 N–H and O–H groups in total. The van der Waals surface area contributed by atoms with Crippen molar-refractivity contribution in [2.45, 2.75) is 13.0 Å². The minimum atomic E-state index is -0.243. The van der Waals surface area contributed by atoms with Crippen LogP contribution in [0.2, 0.25) is 0 Å². The number of aromatic nitrogens is 5. The van der Waals surface area contributed by atoms with E-state index in [4.69, 9.17) is 4.74 Å². The predicted molar refractivity (Wildman–Crippen MR) is 92.7 cm³/mol. The summed E-state index contributed by atoms with van der Waals surface area (Å²) in [7, 11) is 0. The van der Waals surface area contributed by atoms with E-state index in [9.17, 15) is 4.79 Å². The zero-order valence-electron chi connectivity index (χ0n) is 14.3. The normalized spacial score (nSPS) is 17.3. The van der Waals surface area contributed by atoms with E-state index >= 15 is 0 Å². The summed E-state index contributed by atoms with van der Waals surface area (Å²) in [5.74, 6) is 1.35. The summed E-state index contributed by atoms with van der Waals surface area (Å²) in [5, 5.41) is 0. The van der Waals surface area contributed by atoms with E-state index in [1.165, 1.54) is 0 Å². The summed E-state index contributed by atoms with van der Waals surface area (Å²) in [4.78, 5) is 31.5. The van der Waals surface area contributed by atoms with Crippen molar-refractivity contribution in [1.29, 1.82) is 0 Å². The van der Waals surface area contributed by atoms with Crippen molar-refractivity contribution in [3.63, 3.8) is 0 Å². The highest BCUT2D eigenvalue weighted by Gasteiger charge is 2.27. The van der Waals surface area contributed by atoms with Crippen molar-refractivity contribution in [3.05, 3.63) is 66.4 Å². The minimum Gasteiger partial charge on any atom is -0.368 e. The number of pyridine rings is 1. The average Bonchev–Trinajstić information content (AvgIpc) is 3.22. The van der Waals surface area contributed by atoms with Gasteiger partial charge >= 0.3 is 0 Å². The first-order chi connectivity index (χ1) is 12.7. The molecule has 1 amide bonds. The number of amides is 1. The molecule has 0 aliphatic carbocycles. The van der Waals surface area contributed by atoms with Crippen LogP contribution in [0.4, 0.5) is 0 Å². The highest BCUT2D eigenvalue weighted by molar-refractivity contribution is 5.94. The van der Waals surface area contributed by atoms with Crippen LogP contribution >= 0.6 is 0 Å². The number of aryl methyl sites for hydroxylation is 1. The summed E-state index contributed by atoms with van der Waals surface area (Å²) >= 11 is 0. The van der Waals surface area contributed by atoms with Gasteiger partial charge in [0.05, 0.1) is 24.4 Å². The second-order valence-electron chi connectivity index (χ2n) is 6.01. The number of morpholine rings is 1. The van der Waals surface area contributed by atoms with Crippen LogP contribution in [0.15, 0.2) is 49.3 Å². The van der Waals surface area contributed by atoms with Gasteiger partial charge in [-0.25, -0.2) is 19.9 Å². The van der Waals surface area contributed by atoms with E-state index in [-0.39, 0.29) is 12.0 Å². The third-order valence-corrected chi connectivity index (χ3v) is 4.24. The number of hydrogen-bond acceptors (Lipinski definition) is 6. The molecule has 8 heteroatoms. The molecule has 1 atom stereocenters. The molecule has 0 unspecified atom stereocenters. The Morgan fingerprint density at radius 3 is 2.88 bits per heavy atom. The number of rotatable bonds is 3. The molecule has 0 bridgehead atoms. The molecule has 26 heavy (non-hydrogen) atoms. The first kappa shape index (κ1) is 16.3. The smallest absolute Gasteiger partial charge is 0.255 e. The number of hydrogen-bond donors (Lipinski definition) is 0. The monoisotopic (exact) mass is 350 g/mol. The average molecular weight is 350 g/mol. The predicted octanol–water partition coefficient (Wildman–Crippen LogP) is 1.58. The quantitative estimate of drug-likeness (QED) is 0.713. The Labute approximate surface area is 150 Å². The van der Waals surface area contributed by atoms with Gasteiger partial charge in [0, 0.05) is 31.3 Å². The maximum absolute atomic E-state index is 12.8. The van der Waals surface area contributed by atoms with E-state index in [1.54, 1.807) is 52.7 Å². The van der Waals surface area contributed by atoms with Crippen molar-refractivity contribution in [1.82, 2.24) is 29.4 Å². The van der Waals surface area contributed by atoms with Crippen molar-refractivity contribution >= 4 is 5.91 Å². The third kappa shape index (κ3) is 3.31. The number of carbonyl (C=O) groups is 1. The second-order valence-corrected chi connectivity index (χ2v) is 6.01. The Bertz CT molecular complexity index is 894. The van der Waals surface area contributed by atoms with Gasteiger partial charge in [-0.15, -0.1) is 0 Å². The molecule has 1 aliphatic heterocycles. The third-order valence-electron chi connectivity index (χ3n) is 4.24. The highest BCUT2D eigenvalue weighted by atomic mass is 16.5. The Kier molecular flexibility index (Phi) is 4.40. The first-order valence-electron chi connectivity index (χ1n) is 8.35. The SMILES string of the molecule is Cc1nccc([C@@H]2CN(C(=O)c3ccc(-n4ccnc4)nc3)CCO2)n1. The van der Waals surface area contributed by atoms with Crippen molar-refractivity contribution in [3.8, 4) is 5.82 Å². The number of ether oxygens (including phenoxy) is 1. The summed E-state index contributed by atoms with van der Waals surface area (Å²) in [6.07, 6.45) is 8.22. The molecule has 4 rings (SSSR count). The van der Waals surface area contributed by atoms with Crippen LogP contribution in [0.5, 0.6) is 0 Å². The van der Waals surface area contributed by atoms with Crippen LogP contribution in [0, 0.1) is 6.92 Å². The Morgan fingerprint density at radius 1 is 1.23 bits per heavy atom. The zero-order chi connectivity index (χ0) is 17.9. The molecule has 0 spiro atoms. The number of nitrogens with zero attached hydrogens (tertiary/aromatic N) is 6. The second kappa shape index (κ2) is 7.01. The van der Waals surface area contributed by atoms with E-state index in [1.807, 2.05) is 13.0 Å². The van der Waals surface area contributed by atoms with Gasteiger partial charge in [0.1, 0.15) is 24.1 Å². The van der Waals surface area contributed by atoms with Crippen molar-refractivity contribution in [2.75, 3.05) is 19.7 Å². The van der Waals surface area contributed by atoms with Crippen molar-refractivity contribution in [2.24, 2.45) is 0 Å². The van der Waals surface area contributed by atoms with Gasteiger partial charge < -0.3 is 9.64 Å². The largest absolute Gasteiger partial charge is 0.368 e. The number of imidazole rings is 1. The van der Waals surface area contributed by atoms with Crippen molar-refractivity contribution < 1.29 is 9.53 Å². The fourth-order valence-corrected chi connectivity index (χ4v) is 2.91. The molecule has 0 radical (unpaired) electrons. The van der Waals surface area contributed by atoms with Crippen LogP contribution in [-0.4, -0.2) is 55.0 Å². The molecule has 8 nitrogen and oxygen atoms in total. The molecule has 0 saturated carbocycles. The van der Waals surface area contributed by atoms with Crippen LogP contribution in [0.1, 0.15) is 28.0 Å². The first-order valence-corrected chi connectivity index (χ1v) is 8.35. The van der Waals surface area contributed by atoms with E-state index in [0.29, 0.717) is 31.1 Å². The van der Waals surface area contributed by atoms with Gasteiger partial charge in [-0.05, 0) is 25.1 Å². The molecule has 132 valence electrons. The maximum Gasteiger partial charge on any atom is 0.255 e. The van der Waals surface area contributed by atoms with E-state index < -0.39 is 0 Å². The molecule has 0 aromatic carbocycles. The van der Waals surface area contributed by atoms with E-state index in [2.05, 4.69) is 19.9 Å². The van der Waals surface area contributed by atoms with Gasteiger partial charge in [0.2, 0.25) is 0 Å². The van der Waals surface area contributed by atoms with Crippen LogP contribution in [-0.2, 0) is 4.74 Å². The molecular formula is C18H18N6O2. The van der Waals surface area contributed by atoms with Crippen LogP contribution in [0.3, 0.4) is 0 Å². The van der Waals surface area contributed by atoms with E-state index in [0.717, 1.165) is 11.5 Å². The van der Waals surface area contributed by atoms with Crippen LogP contribution < -0.4 is 0 Å². The number of carbonyl (C=O) groups excluding carboxylic acids is 1. The zero-order valence-corrected chi connectivity index (χ0v) is 14.3. The summed E-state index contributed by atoms with van der Waals surface area (Å²) in [6, 6.07) is 5.41. The Balaban J connectivity index is 1.49. The van der Waals surface area contributed by atoms with Gasteiger partial charge in [-0.2, -0.15) is 0 Å². The Morgan fingerprint density at radius 2 is 2.15 bits per heavy atom. The molecule has 1 saturated heterocycles. The standard InChI is InChI=1S/C18H18N6O2/c1-13-20-5-4-15(22-13)16-11-23(8-9-26-16)18(25)14-2-3-17(21-10-14)24-7-6-19-12-24/h2-7,10,12,16H,8-9,11H2,1H3/t16-/m0/s1. The fraction of sp³-hybridized carbons (Fsp3) is 0.278. The van der Waals surface area contributed by atoms with Gasteiger partial charge in [0.15, 0.2) is 0 Å². The van der Waals surface area contributed by atoms with Gasteiger partial charge in [-0.1, -0.05) is 0 Å². The van der Waals surface area contributed by atoms with Crippen LogP contribution in [0.25, 0.3) is 5.82 Å². The lowest BCUT2D eigenvalue weighted by atomic mass is 10.1. The molecule has 1 fully saturated rings. The summed E-state index contributed by atoms with van der Waals surface area (Å²) in [5.41, 5.74) is 1.34. The summed E-state index contributed by atoms with van der Waals surface area (Å²) in [6.45, 7) is 3.31. The molecular weight excluding hydrogens is 332 g/mol. The molecule has 1 aliphatic rings. The molecule has 4 heterocycles. The lowest BCUT2D eigenvalue weighted by Crippen LogP contribution is -2.42. The highest BCUT2D eigenvalue weighted by Crippen LogP contribution is 2.21. The maximum atomic E-state index is 12.8. The topological polar surface area (TPSA) is 86.0 Å². The Hall–Kier alpha value is -3.13. The summed E-state index contributed by atoms with van der Waals surface area (Å²) < 4.78 is 7.58. The lowest BCUT2D eigenvalue weighted by molar-refractivity contribution is -0.0248. The minimum absolute atomic E-state index is 0.0613. The molecule has 3 aromatic heterocycles.